The number of carbonyl (C=O) groups excluding carboxylic acids is 2. The van der Waals surface area contributed by atoms with E-state index in [1.807, 2.05) is 0 Å². The Morgan fingerprint density at radius 3 is 2.34 bits per heavy atom. The number of rotatable bonds is 6. The lowest BCUT2D eigenvalue weighted by Gasteiger charge is -2.19. The summed E-state index contributed by atoms with van der Waals surface area (Å²) in [5.41, 5.74) is -0.769. The molecule has 0 aliphatic carbocycles. The van der Waals surface area contributed by atoms with E-state index in [0.717, 1.165) is 0 Å². The Bertz CT molecular complexity index is 855. The molecule has 2 rings (SSSR count). The number of halogens is 4. The Hall–Kier alpha value is -3.10. The van der Waals surface area contributed by atoms with Crippen LogP contribution in [-0.2, 0) is 22.3 Å². The summed E-state index contributed by atoms with van der Waals surface area (Å²) in [7, 11) is 2.96. The number of ether oxygens (including phenoxy) is 1. The molecule has 0 fully saturated rings. The Balaban J connectivity index is 2.15. The van der Waals surface area contributed by atoms with Crippen LogP contribution in [0.4, 0.5) is 22.4 Å². The van der Waals surface area contributed by atoms with Gasteiger partial charge in [0.25, 0.3) is 0 Å². The highest BCUT2D eigenvalue weighted by Crippen LogP contribution is 2.30. The summed E-state index contributed by atoms with van der Waals surface area (Å²) >= 11 is 0. The zero-order valence-corrected chi connectivity index (χ0v) is 15.8. The van der Waals surface area contributed by atoms with Crippen LogP contribution >= 0.6 is 0 Å². The van der Waals surface area contributed by atoms with Gasteiger partial charge in [0.1, 0.15) is 12.4 Å². The Labute approximate surface area is 165 Å². The molecule has 2 amide bonds. The van der Waals surface area contributed by atoms with E-state index in [2.05, 4.69) is 5.32 Å². The number of amides is 2. The van der Waals surface area contributed by atoms with Crippen molar-refractivity contribution in [3.05, 3.63) is 71.0 Å². The maximum Gasteiger partial charge on any atom is 0.416 e. The average Bonchev–Trinajstić information content (AvgIpc) is 2.67. The van der Waals surface area contributed by atoms with Crippen molar-refractivity contribution >= 4 is 12.0 Å². The number of hydrogen-bond donors (Lipinski definition) is 1. The Morgan fingerprint density at radius 2 is 1.76 bits per heavy atom. The van der Waals surface area contributed by atoms with E-state index in [-0.39, 0.29) is 12.2 Å². The lowest BCUT2D eigenvalue weighted by atomic mass is 9.99. The van der Waals surface area contributed by atoms with Crippen molar-refractivity contribution in [3.63, 3.8) is 0 Å². The van der Waals surface area contributed by atoms with E-state index in [1.165, 1.54) is 19.0 Å². The van der Waals surface area contributed by atoms with Gasteiger partial charge in [-0.15, -0.1) is 0 Å². The molecule has 0 radical (unpaired) electrons. The highest BCUT2D eigenvalue weighted by atomic mass is 19.4. The van der Waals surface area contributed by atoms with Gasteiger partial charge in [-0.25, -0.2) is 9.18 Å². The zero-order valence-electron chi connectivity index (χ0n) is 15.8. The van der Waals surface area contributed by atoms with Gasteiger partial charge in [0.15, 0.2) is 0 Å². The fourth-order valence-electron chi connectivity index (χ4n) is 2.48. The molecule has 9 heteroatoms. The summed E-state index contributed by atoms with van der Waals surface area (Å²) in [6.45, 7) is -0.725. The second-order valence-corrected chi connectivity index (χ2v) is 6.46. The van der Waals surface area contributed by atoms with Crippen molar-refractivity contribution in [1.82, 2.24) is 10.2 Å². The maximum absolute atomic E-state index is 13.9. The van der Waals surface area contributed by atoms with Crippen LogP contribution in [0.5, 0.6) is 0 Å². The van der Waals surface area contributed by atoms with Crippen molar-refractivity contribution < 1.29 is 31.9 Å². The standard InChI is InChI=1S/C20H20F4N2O3/c1-26(2)19(28)29-12-16(13-6-4-3-5-7-13)18(27)25-11-14-10-15(20(22,23)24)8-9-17(14)21/h3-10,16H,11-12H2,1-2H3,(H,25,27)/t16-/m1/s1. The maximum atomic E-state index is 13.9. The lowest BCUT2D eigenvalue weighted by molar-refractivity contribution is -0.137. The molecule has 0 aliphatic rings. The first-order valence-corrected chi connectivity index (χ1v) is 8.62. The van der Waals surface area contributed by atoms with Gasteiger partial charge in [-0.05, 0) is 23.8 Å². The van der Waals surface area contributed by atoms with E-state index in [9.17, 15) is 27.2 Å². The highest BCUT2D eigenvalue weighted by molar-refractivity contribution is 5.84. The van der Waals surface area contributed by atoms with Gasteiger partial charge in [0, 0.05) is 26.2 Å². The Kier molecular flexibility index (Phi) is 7.19. The van der Waals surface area contributed by atoms with E-state index in [0.29, 0.717) is 23.8 Å². The van der Waals surface area contributed by atoms with Gasteiger partial charge in [0.2, 0.25) is 5.91 Å². The minimum Gasteiger partial charge on any atom is -0.448 e. The fraction of sp³-hybridized carbons (Fsp3) is 0.300. The number of alkyl halides is 3. The van der Waals surface area contributed by atoms with Crippen LogP contribution in [0.2, 0.25) is 0 Å². The normalized spacial score (nSPS) is 12.2. The van der Waals surface area contributed by atoms with Crippen LogP contribution in [-0.4, -0.2) is 37.6 Å². The topological polar surface area (TPSA) is 58.6 Å². The first-order chi connectivity index (χ1) is 13.6. The average molecular weight is 412 g/mol. The molecule has 1 atom stereocenters. The Morgan fingerprint density at radius 1 is 1.10 bits per heavy atom. The third-order valence-corrected chi connectivity index (χ3v) is 4.08. The van der Waals surface area contributed by atoms with Crippen LogP contribution < -0.4 is 5.32 Å². The molecule has 0 unspecified atom stereocenters. The molecule has 0 bridgehead atoms. The van der Waals surface area contributed by atoms with Gasteiger partial charge >= 0.3 is 12.3 Å². The molecule has 0 spiro atoms. The molecule has 0 heterocycles. The highest BCUT2D eigenvalue weighted by Gasteiger charge is 2.31. The first-order valence-electron chi connectivity index (χ1n) is 8.62. The summed E-state index contributed by atoms with van der Waals surface area (Å²) in [5, 5.41) is 2.42. The molecule has 0 saturated carbocycles. The summed E-state index contributed by atoms with van der Waals surface area (Å²) in [5.74, 6) is -2.39. The van der Waals surface area contributed by atoms with Crippen molar-refractivity contribution in [1.29, 1.82) is 0 Å². The van der Waals surface area contributed by atoms with Gasteiger partial charge in [0.05, 0.1) is 11.5 Å². The molecule has 2 aromatic rings. The lowest BCUT2D eigenvalue weighted by Crippen LogP contribution is -2.34. The van der Waals surface area contributed by atoms with Crippen LogP contribution in [0.3, 0.4) is 0 Å². The van der Waals surface area contributed by atoms with Gasteiger partial charge in [-0.2, -0.15) is 13.2 Å². The third-order valence-electron chi connectivity index (χ3n) is 4.08. The summed E-state index contributed by atoms with van der Waals surface area (Å²) in [6, 6.07) is 10.4. The molecule has 0 aromatic heterocycles. The van der Waals surface area contributed by atoms with Gasteiger partial charge in [-0.1, -0.05) is 30.3 Å². The quantitative estimate of drug-likeness (QED) is 0.732. The van der Waals surface area contributed by atoms with Crippen LogP contribution in [0, 0.1) is 5.82 Å². The first kappa shape index (κ1) is 22.2. The molecule has 29 heavy (non-hydrogen) atoms. The largest absolute Gasteiger partial charge is 0.448 e. The van der Waals surface area contributed by atoms with Crippen molar-refractivity contribution in [2.24, 2.45) is 0 Å². The molecule has 0 aliphatic heterocycles. The second-order valence-electron chi connectivity index (χ2n) is 6.46. The predicted octanol–water partition coefficient (Wildman–Crippen LogP) is 3.94. The SMILES string of the molecule is CN(C)C(=O)OC[C@@H](C(=O)NCc1cc(C(F)(F)F)ccc1F)c1ccccc1. The summed E-state index contributed by atoms with van der Waals surface area (Å²) < 4.78 is 57.4. The number of nitrogens with zero attached hydrogens (tertiary/aromatic N) is 1. The second kappa shape index (κ2) is 9.40. The molecular weight excluding hydrogens is 392 g/mol. The smallest absolute Gasteiger partial charge is 0.416 e. The summed E-state index contributed by atoms with van der Waals surface area (Å²) in [6.07, 6.45) is -5.28. The third kappa shape index (κ3) is 6.20. The van der Waals surface area contributed by atoms with Crippen LogP contribution in [0.15, 0.2) is 48.5 Å². The fourth-order valence-corrected chi connectivity index (χ4v) is 2.48. The zero-order chi connectivity index (χ0) is 21.6. The van der Waals surface area contributed by atoms with E-state index < -0.39 is 42.0 Å². The predicted molar refractivity (Wildman–Crippen MR) is 97.5 cm³/mol. The molecule has 1 N–H and O–H groups in total. The molecule has 0 saturated heterocycles. The number of nitrogens with one attached hydrogen (secondary N) is 1. The van der Waals surface area contributed by atoms with E-state index in [1.54, 1.807) is 30.3 Å². The van der Waals surface area contributed by atoms with Crippen molar-refractivity contribution in [2.75, 3.05) is 20.7 Å². The van der Waals surface area contributed by atoms with Crippen LogP contribution in [0.25, 0.3) is 0 Å². The molecule has 156 valence electrons. The molecule has 5 nitrogen and oxygen atoms in total. The van der Waals surface area contributed by atoms with Crippen molar-refractivity contribution in [2.45, 2.75) is 18.6 Å². The molecular formula is C20H20F4N2O3. The number of hydrogen-bond acceptors (Lipinski definition) is 3. The minimum absolute atomic E-state index is 0.280. The number of carbonyl (C=O) groups is 2. The van der Waals surface area contributed by atoms with Crippen molar-refractivity contribution in [3.8, 4) is 0 Å². The van der Waals surface area contributed by atoms with Crippen LogP contribution in [0.1, 0.15) is 22.6 Å². The number of benzene rings is 2. The minimum atomic E-state index is -4.63. The van der Waals surface area contributed by atoms with E-state index >= 15 is 0 Å². The summed E-state index contributed by atoms with van der Waals surface area (Å²) in [4.78, 5) is 25.5. The van der Waals surface area contributed by atoms with E-state index in [4.69, 9.17) is 4.74 Å². The van der Waals surface area contributed by atoms with Gasteiger partial charge in [-0.3, -0.25) is 4.79 Å². The van der Waals surface area contributed by atoms with Gasteiger partial charge < -0.3 is 15.0 Å². The molecule has 2 aromatic carbocycles. The monoisotopic (exact) mass is 412 g/mol.